The summed E-state index contributed by atoms with van der Waals surface area (Å²) in [6, 6.07) is 17.9. The molecule has 0 aliphatic heterocycles. The average Bonchev–Trinajstić information content (AvgIpc) is 2.66. The van der Waals surface area contributed by atoms with Crippen LogP contribution in [0.15, 0.2) is 72.8 Å². The van der Waals surface area contributed by atoms with Crippen LogP contribution in [0.25, 0.3) is 17.2 Å². The summed E-state index contributed by atoms with van der Waals surface area (Å²) in [6.45, 7) is 5.46. The Labute approximate surface area is 153 Å². The van der Waals surface area contributed by atoms with Crippen molar-refractivity contribution in [2.24, 2.45) is 0 Å². The highest BCUT2D eigenvalue weighted by molar-refractivity contribution is 5.87. The lowest BCUT2D eigenvalue weighted by molar-refractivity contribution is -0.140. The molecule has 0 amide bonds. The van der Waals surface area contributed by atoms with E-state index in [-0.39, 0.29) is 13.2 Å². The fourth-order valence-electron chi connectivity index (χ4n) is 2.18. The molecule has 134 valence electrons. The van der Waals surface area contributed by atoms with Gasteiger partial charge in [-0.1, -0.05) is 55.1 Å². The molecule has 0 aliphatic carbocycles. The molecule has 0 fully saturated rings. The van der Waals surface area contributed by atoms with Crippen molar-refractivity contribution in [2.75, 3.05) is 13.2 Å². The van der Waals surface area contributed by atoms with Crippen LogP contribution in [0.5, 0.6) is 0 Å². The molecular formula is C22H22O4. The topological polar surface area (TPSA) is 52.6 Å². The molecule has 0 aliphatic rings. The first-order valence-electron chi connectivity index (χ1n) is 8.39. The lowest BCUT2D eigenvalue weighted by Crippen LogP contribution is -2.09. The second-order valence-electron chi connectivity index (χ2n) is 5.76. The minimum Gasteiger partial charge on any atom is -0.462 e. The SMILES string of the molecule is C=C(C)C(=O)OCCCOC(=O)C=Cc1cccc(-c2ccccc2)c1. The third-order valence-corrected chi connectivity index (χ3v) is 3.52. The highest BCUT2D eigenvalue weighted by atomic mass is 16.5. The molecule has 0 bridgehead atoms. The molecule has 4 nitrogen and oxygen atoms in total. The van der Waals surface area contributed by atoms with Gasteiger partial charge in [0.2, 0.25) is 0 Å². The van der Waals surface area contributed by atoms with Crippen molar-refractivity contribution in [1.29, 1.82) is 0 Å². The van der Waals surface area contributed by atoms with Crippen molar-refractivity contribution in [3.05, 3.63) is 78.4 Å². The van der Waals surface area contributed by atoms with Crippen molar-refractivity contribution in [1.82, 2.24) is 0 Å². The molecule has 0 atom stereocenters. The zero-order valence-corrected chi connectivity index (χ0v) is 14.8. The van der Waals surface area contributed by atoms with Gasteiger partial charge in [0.25, 0.3) is 0 Å². The van der Waals surface area contributed by atoms with E-state index in [1.165, 1.54) is 6.08 Å². The predicted octanol–water partition coefficient (Wildman–Crippen LogP) is 4.42. The third-order valence-electron chi connectivity index (χ3n) is 3.52. The average molecular weight is 350 g/mol. The van der Waals surface area contributed by atoms with E-state index < -0.39 is 11.9 Å². The van der Waals surface area contributed by atoms with Gasteiger partial charge in [-0.15, -0.1) is 0 Å². The molecular weight excluding hydrogens is 328 g/mol. The predicted molar refractivity (Wildman–Crippen MR) is 102 cm³/mol. The van der Waals surface area contributed by atoms with E-state index in [9.17, 15) is 9.59 Å². The minimum atomic E-state index is -0.436. The maximum absolute atomic E-state index is 11.7. The number of benzene rings is 2. The maximum atomic E-state index is 11.7. The van der Waals surface area contributed by atoms with Gasteiger partial charge in [-0.2, -0.15) is 0 Å². The van der Waals surface area contributed by atoms with Gasteiger partial charge in [-0.25, -0.2) is 9.59 Å². The lowest BCUT2D eigenvalue weighted by atomic mass is 10.0. The van der Waals surface area contributed by atoms with Crippen LogP contribution >= 0.6 is 0 Å². The number of hydrogen-bond acceptors (Lipinski definition) is 4. The Morgan fingerprint density at radius 1 is 0.962 bits per heavy atom. The molecule has 4 heteroatoms. The normalized spacial score (nSPS) is 10.5. The summed E-state index contributed by atoms with van der Waals surface area (Å²) in [5.74, 6) is -0.865. The third kappa shape index (κ3) is 6.40. The smallest absolute Gasteiger partial charge is 0.333 e. The van der Waals surface area contributed by atoms with Gasteiger partial charge in [0.15, 0.2) is 0 Å². The van der Waals surface area contributed by atoms with Gasteiger partial charge in [-0.3, -0.25) is 0 Å². The van der Waals surface area contributed by atoms with Crippen LogP contribution in [-0.4, -0.2) is 25.2 Å². The zero-order chi connectivity index (χ0) is 18.8. The summed E-state index contributed by atoms with van der Waals surface area (Å²) in [5, 5.41) is 0. The molecule has 2 aromatic rings. The molecule has 2 aromatic carbocycles. The number of ether oxygens (including phenoxy) is 2. The van der Waals surface area contributed by atoms with Crippen LogP contribution < -0.4 is 0 Å². The molecule has 0 saturated heterocycles. The second kappa shape index (κ2) is 9.99. The van der Waals surface area contributed by atoms with Gasteiger partial charge in [0.1, 0.15) is 0 Å². The van der Waals surface area contributed by atoms with Gasteiger partial charge in [-0.05, 0) is 35.8 Å². The molecule has 0 radical (unpaired) electrons. The molecule has 0 aromatic heterocycles. The Hall–Kier alpha value is -3.14. The molecule has 0 unspecified atom stereocenters. The summed E-state index contributed by atoms with van der Waals surface area (Å²) in [5.41, 5.74) is 3.47. The number of esters is 2. The van der Waals surface area contributed by atoms with Gasteiger partial charge in [0, 0.05) is 18.1 Å². The Balaban J connectivity index is 1.79. The summed E-state index contributed by atoms with van der Waals surface area (Å²) < 4.78 is 10.0. The Morgan fingerprint density at radius 3 is 2.38 bits per heavy atom. The fraction of sp³-hybridized carbons (Fsp3) is 0.182. The fourth-order valence-corrected chi connectivity index (χ4v) is 2.18. The van der Waals surface area contributed by atoms with E-state index >= 15 is 0 Å². The summed E-state index contributed by atoms with van der Waals surface area (Å²) in [4.78, 5) is 22.9. The monoisotopic (exact) mass is 350 g/mol. The largest absolute Gasteiger partial charge is 0.462 e. The minimum absolute atomic E-state index is 0.191. The van der Waals surface area contributed by atoms with Crippen molar-refractivity contribution in [3.63, 3.8) is 0 Å². The molecule has 0 spiro atoms. The van der Waals surface area contributed by atoms with Gasteiger partial charge >= 0.3 is 11.9 Å². The molecule has 0 heterocycles. The number of carbonyl (C=O) groups is 2. The van der Waals surface area contributed by atoms with Crippen molar-refractivity contribution in [3.8, 4) is 11.1 Å². The molecule has 0 N–H and O–H groups in total. The van der Waals surface area contributed by atoms with Crippen LogP contribution in [0, 0.1) is 0 Å². The first-order chi connectivity index (χ1) is 12.6. The molecule has 2 rings (SSSR count). The van der Waals surface area contributed by atoms with E-state index in [4.69, 9.17) is 9.47 Å². The van der Waals surface area contributed by atoms with E-state index in [1.54, 1.807) is 13.0 Å². The quantitative estimate of drug-likeness (QED) is 0.402. The Morgan fingerprint density at radius 2 is 1.65 bits per heavy atom. The van der Waals surface area contributed by atoms with E-state index in [2.05, 4.69) is 6.58 Å². The van der Waals surface area contributed by atoms with Crippen molar-refractivity contribution < 1.29 is 19.1 Å². The highest BCUT2D eigenvalue weighted by Crippen LogP contribution is 2.20. The van der Waals surface area contributed by atoms with Gasteiger partial charge in [0.05, 0.1) is 13.2 Å². The maximum Gasteiger partial charge on any atom is 0.333 e. The second-order valence-corrected chi connectivity index (χ2v) is 5.76. The van der Waals surface area contributed by atoms with Gasteiger partial charge < -0.3 is 9.47 Å². The number of carbonyl (C=O) groups excluding carboxylic acids is 2. The van der Waals surface area contributed by atoms with Crippen LogP contribution in [0.3, 0.4) is 0 Å². The van der Waals surface area contributed by atoms with Crippen LogP contribution in [0.4, 0.5) is 0 Å². The first kappa shape index (κ1) is 19.2. The van der Waals surface area contributed by atoms with Crippen molar-refractivity contribution in [2.45, 2.75) is 13.3 Å². The van der Waals surface area contributed by atoms with Crippen LogP contribution in [0.1, 0.15) is 18.9 Å². The number of hydrogen-bond donors (Lipinski definition) is 0. The van der Waals surface area contributed by atoms with E-state index in [0.717, 1.165) is 16.7 Å². The van der Waals surface area contributed by atoms with Crippen LogP contribution in [0.2, 0.25) is 0 Å². The Bertz CT molecular complexity index is 791. The molecule has 0 saturated carbocycles. The lowest BCUT2D eigenvalue weighted by Gasteiger charge is -2.05. The summed E-state index contributed by atoms with van der Waals surface area (Å²) in [6.07, 6.45) is 3.56. The van der Waals surface area contributed by atoms with E-state index in [1.807, 2.05) is 54.6 Å². The molecule has 26 heavy (non-hydrogen) atoms. The van der Waals surface area contributed by atoms with E-state index in [0.29, 0.717) is 12.0 Å². The summed E-state index contributed by atoms with van der Waals surface area (Å²) >= 11 is 0. The summed E-state index contributed by atoms with van der Waals surface area (Å²) in [7, 11) is 0. The highest BCUT2D eigenvalue weighted by Gasteiger charge is 2.03. The standard InChI is InChI=1S/C22H22O4/c1-17(2)22(24)26-15-7-14-25-21(23)13-12-18-8-6-11-20(16-18)19-9-4-3-5-10-19/h3-6,8-13,16H,1,7,14-15H2,2H3. The zero-order valence-electron chi connectivity index (χ0n) is 14.8. The Kier molecular flexibility index (Phi) is 7.37. The number of rotatable bonds is 8. The van der Waals surface area contributed by atoms with Crippen LogP contribution in [-0.2, 0) is 19.1 Å². The van der Waals surface area contributed by atoms with Crippen molar-refractivity contribution >= 4 is 18.0 Å². The first-order valence-corrected chi connectivity index (χ1v) is 8.39.